The third-order valence-corrected chi connectivity index (χ3v) is 16.8. The van der Waals surface area contributed by atoms with Gasteiger partial charge in [-0.15, -0.1) is 0 Å². The first-order valence-corrected chi connectivity index (χ1v) is 18.0. The van der Waals surface area contributed by atoms with E-state index in [4.69, 9.17) is 25.1 Å². The highest BCUT2D eigenvalue weighted by Gasteiger charge is 2.54. The second-order valence-electron chi connectivity index (χ2n) is 12.4. The van der Waals surface area contributed by atoms with Crippen LogP contribution in [0.3, 0.4) is 0 Å². The van der Waals surface area contributed by atoms with Crippen molar-refractivity contribution in [3.8, 4) is 0 Å². The lowest BCUT2D eigenvalue weighted by Crippen LogP contribution is -2.54. The lowest BCUT2D eigenvalue weighted by atomic mass is 10.1. The maximum absolute atomic E-state index is 9.27. The normalized spacial score (nSPS) is 23.8. The van der Waals surface area contributed by atoms with Crippen LogP contribution in [0.5, 0.6) is 0 Å². The Morgan fingerprint density at radius 3 is 2.11 bits per heavy atom. The van der Waals surface area contributed by atoms with Gasteiger partial charge in [0, 0.05) is 11.5 Å². The number of nitrogen functional groups attached to an aromatic ring is 1. The highest BCUT2D eigenvalue weighted by atomic mass is 28.4. The molecular formula is C22H41N9O3Si2. The molecule has 12 nitrogen and oxygen atoms in total. The van der Waals surface area contributed by atoms with E-state index in [2.05, 4.69) is 92.7 Å². The largest absolute Gasteiger partial charge is 0.408 e. The molecule has 0 radical (unpaired) electrons. The Labute approximate surface area is 215 Å². The van der Waals surface area contributed by atoms with Gasteiger partial charge < -0.3 is 25.1 Å². The number of fused-ring (bicyclic) bond motifs is 1. The molecule has 3 rings (SSSR count). The van der Waals surface area contributed by atoms with Crippen LogP contribution in [0.25, 0.3) is 21.6 Å². The molecule has 36 heavy (non-hydrogen) atoms. The number of nitrogens with zero attached hydrogens (tertiary/aromatic N) is 7. The summed E-state index contributed by atoms with van der Waals surface area (Å²) in [5, 5.41) is 3.71. The van der Waals surface area contributed by atoms with E-state index in [0.717, 1.165) is 0 Å². The number of hydrogen-bond acceptors (Lipinski definition) is 9. The molecule has 200 valence electrons. The Hall–Kier alpha value is -2.07. The molecule has 2 aromatic heterocycles. The quantitative estimate of drug-likeness (QED) is 0.216. The predicted octanol–water partition coefficient (Wildman–Crippen LogP) is 4.99. The van der Waals surface area contributed by atoms with Crippen molar-refractivity contribution < 1.29 is 13.6 Å². The summed E-state index contributed by atoms with van der Waals surface area (Å²) in [5.41, 5.74) is 22.3. The van der Waals surface area contributed by atoms with Gasteiger partial charge in [-0.1, -0.05) is 41.5 Å². The molecule has 1 fully saturated rings. The van der Waals surface area contributed by atoms with Gasteiger partial charge in [0.15, 0.2) is 39.8 Å². The number of azide groups is 1. The molecule has 0 bridgehead atoms. The van der Waals surface area contributed by atoms with Gasteiger partial charge in [0.2, 0.25) is 5.95 Å². The molecule has 14 heteroatoms. The summed E-state index contributed by atoms with van der Waals surface area (Å²) in [7, 11) is -4.57. The fraction of sp³-hybridized carbons (Fsp3) is 0.773. The van der Waals surface area contributed by atoms with Crippen molar-refractivity contribution in [3.63, 3.8) is 0 Å². The fourth-order valence-corrected chi connectivity index (χ4v) is 6.27. The van der Waals surface area contributed by atoms with Crippen molar-refractivity contribution >= 4 is 39.6 Å². The molecule has 1 saturated heterocycles. The van der Waals surface area contributed by atoms with E-state index in [1.165, 1.54) is 6.33 Å². The van der Waals surface area contributed by atoms with Crippen LogP contribution in [-0.2, 0) is 13.6 Å². The minimum absolute atomic E-state index is 0.0363. The average molecular weight is 536 g/mol. The second-order valence-corrected chi connectivity index (χ2v) is 21.9. The number of rotatable bonds is 7. The number of nitrogens with two attached hydrogens (primary N) is 2. The highest BCUT2D eigenvalue weighted by molar-refractivity contribution is 6.74. The predicted molar refractivity (Wildman–Crippen MR) is 146 cm³/mol. The first-order chi connectivity index (χ1) is 16.4. The molecule has 4 N–H and O–H groups in total. The summed E-state index contributed by atoms with van der Waals surface area (Å²) in [6.07, 6.45) is -0.838. The van der Waals surface area contributed by atoms with E-state index in [1.54, 1.807) is 4.57 Å². The van der Waals surface area contributed by atoms with Crippen molar-refractivity contribution in [2.24, 2.45) is 10.8 Å². The summed E-state index contributed by atoms with van der Waals surface area (Å²) < 4.78 is 22.1. The van der Waals surface area contributed by atoms with Gasteiger partial charge in [0.05, 0.1) is 6.10 Å². The first kappa shape index (κ1) is 28.5. The molecule has 3 heterocycles. The summed E-state index contributed by atoms with van der Waals surface area (Å²) in [6, 6.07) is 0. The van der Waals surface area contributed by atoms with E-state index in [9.17, 15) is 5.53 Å². The molecule has 2 aromatic rings. The van der Waals surface area contributed by atoms with Crippen molar-refractivity contribution in [2.45, 2.75) is 102 Å². The zero-order valence-electron chi connectivity index (χ0n) is 23.1. The van der Waals surface area contributed by atoms with Crippen LogP contribution in [0, 0.1) is 0 Å². The van der Waals surface area contributed by atoms with E-state index >= 15 is 0 Å². The van der Waals surface area contributed by atoms with Gasteiger partial charge >= 0.3 is 0 Å². The van der Waals surface area contributed by atoms with Gasteiger partial charge in [-0.2, -0.15) is 0 Å². The minimum Gasteiger partial charge on any atom is -0.408 e. The molecule has 0 aliphatic carbocycles. The zero-order chi connectivity index (χ0) is 27.3. The Balaban J connectivity index is 2.23. The van der Waals surface area contributed by atoms with Gasteiger partial charge in [0.1, 0.15) is 18.5 Å². The smallest absolute Gasteiger partial charge is 0.201 e. The Morgan fingerprint density at radius 1 is 1.06 bits per heavy atom. The molecule has 0 amide bonds. The fourth-order valence-electron chi connectivity index (χ4n) is 3.67. The van der Waals surface area contributed by atoms with Crippen LogP contribution < -0.4 is 11.5 Å². The van der Waals surface area contributed by atoms with Crippen LogP contribution in [-0.4, -0.2) is 61.0 Å². The number of anilines is 1. The highest BCUT2D eigenvalue weighted by Crippen LogP contribution is 2.46. The number of ether oxygens (including phenoxy) is 1. The van der Waals surface area contributed by atoms with E-state index < -0.39 is 41.2 Å². The van der Waals surface area contributed by atoms with E-state index in [1.807, 2.05) is 0 Å². The van der Waals surface area contributed by atoms with Gasteiger partial charge in [0.25, 0.3) is 0 Å². The average Bonchev–Trinajstić information content (AvgIpc) is 3.25. The first-order valence-electron chi connectivity index (χ1n) is 12.2. The Morgan fingerprint density at radius 2 is 1.61 bits per heavy atom. The lowest BCUT2D eigenvalue weighted by molar-refractivity contribution is -0.0275. The van der Waals surface area contributed by atoms with Crippen molar-refractivity contribution in [3.05, 3.63) is 16.8 Å². The number of aromatic nitrogens is 4. The van der Waals surface area contributed by atoms with Gasteiger partial charge in [-0.3, -0.25) is 4.57 Å². The number of hydrogen-bond donors (Lipinski definition) is 2. The molecule has 4 atom stereocenters. The molecule has 0 saturated carbocycles. The third kappa shape index (κ3) is 5.16. The van der Waals surface area contributed by atoms with Crippen molar-refractivity contribution in [1.82, 2.24) is 19.5 Å². The molecule has 1 aliphatic rings. The van der Waals surface area contributed by atoms with Gasteiger partial charge in [-0.25, -0.2) is 15.0 Å². The molecule has 1 aliphatic heterocycles. The van der Waals surface area contributed by atoms with Crippen LogP contribution >= 0.6 is 0 Å². The molecular weight excluding hydrogens is 494 g/mol. The van der Waals surface area contributed by atoms with Crippen LogP contribution in [0.4, 0.5) is 11.8 Å². The summed E-state index contributed by atoms with van der Waals surface area (Å²) in [6.45, 7) is 22.1. The summed E-state index contributed by atoms with van der Waals surface area (Å²) >= 11 is 0. The van der Waals surface area contributed by atoms with Crippen molar-refractivity contribution in [1.29, 1.82) is 0 Å². The maximum Gasteiger partial charge on any atom is 0.201 e. The summed E-state index contributed by atoms with van der Waals surface area (Å²) in [5.74, 6) is 0.245. The van der Waals surface area contributed by atoms with E-state index in [-0.39, 0.29) is 28.4 Å². The van der Waals surface area contributed by atoms with Crippen LogP contribution in [0.1, 0.15) is 47.8 Å². The molecule has 0 spiro atoms. The van der Waals surface area contributed by atoms with E-state index in [0.29, 0.717) is 11.2 Å². The lowest BCUT2D eigenvalue weighted by Gasteiger charge is -2.44. The summed E-state index contributed by atoms with van der Waals surface area (Å²) in [4.78, 5) is 15.8. The van der Waals surface area contributed by atoms with Crippen LogP contribution in [0.2, 0.25) is 36.3 Å². The number of imidazole rings is 1. The maximum atomic E-state index is 9.27. The molecule has 1 unspecified atom stereocenters. The Kier molecular flexibility index (Phi) is 7.66. The topological polar surface area (TPSA) is 172 Å². The second kappa shape index (κ2) is 9.67. The van der Waals surface area contributed by atoms with Gasteiger partial charge in [-0.05, 0) is 46.9 Å². The monoisotopic (exact) mass is 535 g/mol. The van der Waals surface area contributed by atoms with Crippen molar-refractivity contribution in [2.75, 3.05) is 12.3 Å². The Bertz CT molecular complexity index is 1150. The molecule has 0 aromatic carbocycles. The van der Waals surface area contributed by atoms with Crippen LogP contribution in [0.15, 0.2) is 11.4 Å². The third-order valence-electron chi connectivity index (χ3n) is 7.87. The zero-order valence-corrected chi connectivity index (χ0v) is 25.1. The SMILES string of the molecule is CC(C)(C)[Si](C)(C)OC1[C@H](n2c(N=[N+]=[N-])nc3c(N)ncnc32)O[C@H](CN)[C@H]1O[Si](C)(C)C(C)(C)C. The standard InChI is InChI=1S/C22H41N9O3Si2/c1-21(2,3)35(7,8)33-15-13(11-23)32-19(16(15)34-36(9,10)22(4,5)6)31-18-14(17(24)26-12-27-18)28-20(31)29-30-25/h12-13,15-16,19H,11,23H2,1-10H3,(H2,24,26,27)/t13-,15-,16?,19-/m1/s1. The minimum atomic E-state index is -2.32.